The third-order valence-electron chi connectivity index (χ3n) is 0.897. The highest BCUT2D eigenvalue weighted by molar-refractivity contribution is 5.67. The molecule has 0 aliphatic rings. The van der Waals surface area contributed by atoms with Gasteiger partial charge in [-0.25, -0.2) is 0 Å². The number of carbonyl (C=O) groups is 1. The molecule has 0 saturated carbocycles. The molecule has 0 radical (unpaired) electrons. The van der Waals surface area contributed by atoms with Gasteiger partial charge in [-0.1, -0.05) is 13.2 Å². The number of hydrogen-bond donors (Lipinski definition) is 0. The zero-order valence-corrected chi connectivity index (χ0v) is 6.85. The van der Waals surface area contributed by atoms with E-state index in [1.807, 2.05) is 6.92 Å². The zero-order valence-electron chi connectivity index (χ0n) is 6.85. The molecule has 0 amide bonds. The van der Waals surface area contributed by atoms with E-state index in [1.165, 1.54) is 6.92 Å². The molecule has 0 fully saturated rings. The maximum absolute atomic E-state index is 10.4. The first kappa shape index (κ1) is 9.75. The van der Waals surface area contributed by atoms with E-state index < -0.39 is 5.97 Å². The van der Waals surface area contributed by atoms with Gasteiger partial charge in [0.15, 0.2) is 11.5 Å². The molecule has 0 bridgehead atoms. The third-order valence-corrected chi connectivity index (χ3v) is 0.897. The quantitative estimate of drug-likeness (QED) is 0.352. The average molecular weight is 156 g/mol. The second-order valence-electron chi connectivity index (χ2n) is 1.87. The Kier molecular flexibility index (Phi) is 4.03. The predicted molar refractivity (Wildman–Crippen MR) is 41.7 cm³/mol. The lowest BCUT2D eigenvalue weighted by Crippen LogP contribution is -2.02. The molecule has 0 aliphatic heterocycles. The fourth-order valence-corrected chi connectivity index (χ4v) is 0.485. The first-order valence-corrected chi connectivity index (χ1v) is 3.27. The van der Waals surface area contributed by atoms with Gasteiger partial charge in [-0.2, -0.15) is 0 Å². The molecule has 0 aliphatic carbocycles. The van der Waals surface area contributed by atoms with Crippen LogP contribution in [0.4, 0.5) is 0 Å². The van der Waals surface area contributed by atoms with E-state index in [2.05, 4.69) is 17.9 Å². The highest BCUT2D eigenvalue weighted by Crippen LogP contribution is 2.07. The van der Waals surface area contributed by atoms with Crippen LogP contribution in [-0.4, -0.2) is 12.6 Å². The van der Waals surface area contributed by atoms with Crippen LogP contribution in [-0.2, 0) is 14.3 Å². The van der Waals surface area contributed by atoms with E-state index >= 15 is 0 Å². The van der Waals surface area contributed by atoms with Crippen LogP contribution in [0.2, 0.25) is 0 Å². The maximum Gasteiger partial charge on any atom is 0.308 e. The van der Waals surface area contributed by atoms with Crippen molar-refractivity contribution in [1.82, 2.24) is 0 Å². The highest BCUT2D eigenvalue weighted by atomic mass is 16.6. The Morgan fingerprint density at radius 3 is 2.27 bits per heavy atom. The summed E-state index contributed by atoms with van der Waals surface area (Å²) in [4.78, 5) is 10.4. The highest BCUT2D eigenvalue weighted by Gasteiger charge is 2.03. The van der Waals surface area contributed by atoms with Crippen molar-refractivity contribution in [2.45, 2.75) is 13.8 Å². The Bertz CT molecular complexity index is 182. The van der Waals surface area contributed by atoms with E-state index in [1.54, 1.807) is 0 Å². The van der Waals surface area contributed by atoms with Crippen LogP contribution < -0.4 is 0 Å². The van der Waals surface area contributed by atoms with Crippen LogP contribution in [0.3, 0.4) is 0 Å². The Morgan fingerprint density at radius 2 is 1.91 bits per heavy atom. The van der Waals surface area contributed by atoms with Gasteiger partial charge >= 0.3 is 5.97 Å². The Balaban J connectivity index is 3.83. The predicted octanol–water partition coefficient (Wildman–Crippen LogP) is 1.61. The van der Waals surface area contributed by atoms with Gasteiger partial charge in [0.05, 0.1) is 6.61 Å². The molecule has 0 N–H and O–H groups in total. The average Bonchev–Trinajstić information content (AvgIpc) is 1.86. The number of hydrogen-bond acceptors (Lipinski definition) is 3. The lowest BCUT2D eigenvalue weighted by Gasteiger charge is -2.07. The van der Waals surface area contributed by atoms with E-state index in [0.29, 0.717) is 12.4 Å². The fourth-order valence-electron chi connectivity index (χ4n) is 0.485. The SMILES string of the molecule is C=C(OCC)C(=C)OC(C)=O. The molecular formula is C8H12O3. The van der Waals surface area contributed by atoms with Gasteiger partial charge in [-0.3, -0.25) is 4.79 Å². The summed E-state index contributed by atoms with van der Waals surface area (Å²) in [6, 6.07) is 0. The van der Waals surface area contributed by atoms with Gasteiger partial charge in [0.25, 0.3) is 0 Å². The molecule has 0 saturated heterocycles. The summed E-state index contributed by atoms with van der Waals surface area (Å²) in [5.41, 5.74) is 0. The van der Waals surface area contributed by atoms with Crippen molar-refractivity contribution in [2.75, 3.05) is 6.61 Å². The third kappa shape index (κ3) is 4.19. The molecule has 0 aromatic heterocycles. The Morgan fingerprint density at radius 1 is 1.36 bits per heavy atom. The van der Waals surface area contributed by atoms with Gasteiger partial charge < -0.3 is 9.47 Å². The number of ether oxygens (including phenoxy) is 2. The standard InChI is InChI=1S/C8H12O3/c1-5-10-6(2)7(3)11-8(4)9/h2-3,5H2,1,4H3. The molecule has 0 heterocycles. The summed E-state index contributed by atoms with van der Waals surface area (Å²) in [7, 11) is 0. The molecule has 0 spiro atoms. The summed E-state index contributed by atoms with van der Waals surface area (Å²) < 4.78 is 9.54. The van der Waals surface area contributed by atoms with Crippen LogP contribution in [0, 0.1) is 0 Å². The van der Waals surface area contributed by atoms with Gasteiger partial charge in [-0.15, -0.1) is 0 Å². The van der Waals surface area contributed by atoms with Crippen molar-refractivity contribution >= 4 is 5.97 Å². The second-order valence-corrected chi connectivity index (χ2v) is 1.87. The largest absolute Gasteiger partial charge is 0.491 e. The normalized spacial score (nSPS) is 8.55. The van der Waals surface area contributed by atoms with E-state index in [0.717, 1.165) is 0 Å². The second kappa shape index (κ2) is 4.55. The molecular weight excluding hydrogens is 144 g/mol. The van der Waals surface area contributed by atoms with Crippen LogP contribution in [0.1, 0.15) is 13.8 Å². The number of rotatable bonds is 4. The number of esters is 1. The molecule has 0 rings (SSSR count). The zero-order chi connectivity index (χ0) is 8.85. The molecule has 3 heteroatoms. The van der Waals surface area contributed by atoms with E-state index in [4.69, 9.17) is 4.74 Å². The monoisotopic (exact) mass is 156 g/mol. The van der Waals surface area contributed by atoms with Gasteiger partial charge in [0.1, 0.15) is 0 Å². The maximum atomic E-state index is 10.4. The molecule has 0 atom stereocenters. The molecule has 0 aromatic carbocycles. The molecule has 3 nitrogen and oxygen atoms in total. The minimum Gasteiger partial charge on any atom is -0.491 e. The first-order chi connectivity index (χ1) is 5.07. The van der Waals surface area contributed by atoms with Crippen molar-refractivity contribution in [3.05, 3.63) is 24.7 Å². The summed E-state index contributed by atoms with van der Waals surface area (Å²) >= 11 is 0. The summed E-state index contributed by atoms with van der Waals surface area (Å²) in [6.07, 6.45) is 0. The lowest BCUT2D eigenvalue weighted by molar-refractivity contribution is -0.137. The summed E-state index contributed by atoms with van der Waals surface area (Å²) in [6.45, 7) is 10.5. The van der Waals surface area contributed by atoms with Gasteiger partial charge in [-0.05, 0) is 6.92 Å². The summed E-state index contributed by atoms with van der Waals surface area (Å²) in [5.74, 6) is 0.0397. The van der Waals surface area contributed by atoms with Crippen molar-refractivity contribution in [2.24, 2.45) is 0 Å². The van der Waals surface area contributed by atoms with Crippen LogP contribution >= 0.6 is 0 Å². The lowest BCUT2D eigenvalue weighted by atomic mass is 10.5. The first-order valence-electron chi connectivity index (χ1n) is 3.27. The van der Waals surface area contributed by atoms with Crippen molar-refractivity contribution in [1.29, 1.82) is 0 Å². The van der Waals surface area contributed by atoms with Gasteiger partial charge in [0.2, 0.25) is 0 Å². The molecule has 11 heavy (non-hydrogen) atoms. The smallest absolute Gasteiger partial charge is 0.308 e. The molecule has 62 valence electrons. The molecule has 0 aromatic rings. The van der Waals surface area contributed by atoms with E-state index in [9.17, 15) is 4.79 Å². The summed E-state index contributed by atoms with van der Waals surface area (Å²) in [5, 5.41) is 0. The van der Waals surface area contributed by atoms with Crippen LogP contribution in [0.25, 0.3) is 0 Å². The Labute approximate surface area is 66.3 Å². The molecule has 0 unspecified atom stereocenters. The van der Waals surface area contributed by atoms with Crippen molar-refractivity contribution in [3.63, 3.8) is 0 Å². The number of carbonyl (C=O) groups excluding carboxylic acids is 1. The minimum absolute atomic E-state index is 0.166. The van der Waals surface area contributed by atoms with E-state index in [-0.39, 0.29) is 5.76 Å². The Hall–Kier alpha value is -1.25. The fraction of sp³-hybridized carbons (Fsp3) is 0.375. The van der Waals surface area contributed by atoms with Crippen molar-refractivity contribution < 1.29 is 14.3 Å². The van der Waals surface area contributed by atoms with Gasteiger partial charge in [0, 0.05) is 6.92 Å². The topological polar surface area (TPSA) is 35.5 Å². The van der Waals surface area contributed by atoms with Crippen molar-refractivity contribution in [3.8, 4) is 0 Å². The van der Waals surface area contributed by atoms with Crippen LogP contribution in [0.5, 0.6) is 0 Å². The van der Waals surface area contributed by atoms with Crippen LogP contribution in [0.15, 0.2) is 24.7 Å². The minimum atomic E-state index is -0.421.